The minimum absolute atomic E-state index is 0.130. The first-order valence-electron chi connectivity index (χ1n) is 15.3. The molecule has 6 rings (SSSR count). The molecule has 1 aromatic heterocycles. The predicted molar refractivity (Wildman–Crippen MR) is 164 cm³/mol. The maximum Gasteiger partial charge on any atom is 0.318 e. The van der Waals surface area contributed by atoms with Crippen molar-refractivity contribution in [3.63, 3.8) is 0 Å². The van der Waals surface area contributed by atoms with Crippen molar-refractivity contribution in [1.82, 2.24) is 19.8 Å². The van der Waals surface area contributed by atoms with Gasteiger partial charge in [-0.3, -0.25) is 4.79 Å². The van der Waals surface area contributed by atoms with Crippen molar-refractivity contribution in [3.8, 4) is 12.1 Å². The topological polar surface area (TPSA) is 88.8 Å². The number of halogens is 1. The summed E-state index contributed by atoms with van der Waals surface area (Å²) >= 11 is 6.44. The van der Waals surface area contributed by atoms with Crippen molar-refractivity contribution in [1.29, 1.82) is 5.26 Å². The van der Waals surface area contributed by atoms with Gasteiger partial charge in [0.15, 0.2) is 0 Å². The molecule has 2 saturated heterocycles. The fraction of sp³-hybridized carbons (Fsp3) is 0.562. The molecule has 0 saturated carbocycles. The second kappa shape index (κ2) is 12.5. The number of carbonyl (C=O) groups excluding carboxylic acids is 1. The zero-order chi connectivity index (χ0) is 29.2. The molecule has 1 aromatic carbocycles. The lowest BCUT2D eigenvalue weighted by Gasteiger charge is -2.43. The van der Waals surface area contributed by atoms with Crippen LogP contribution in [0.2, 0.25) is 5.02 Å². The summed E-state index contributed by atoms with van der Waals surface area (Å²) in [5.41, 5.74) is 4.82. The van der Waals surface area contributed by atoms with E-state index in [0.29, 0.717) is 44.3 Å². The van der Waals surface area contributed by atoms with Gasteiger partial charge in [-0.05, 0) is 75.9 Å². The standard InChI is InChI=1S/C32H40ClN7O2/c1-3-30(41)40-17-16-38(20-25(40)12-13-34)31-27-11-10-24(39-15-4-6-22-8-9-23(33)18-29(22)39)19-28(27)35-32(36-31)42-21-26-7-5-14-37(26)2/h3,8-9,18,24-26H,1,4-7,10-12,14-17,19-21H2,2H3. The largest absolute Gasteiger partial charge is 0.462 e. The van der Waals surface area contributed by atoms with E-state index in [1.54, 1.807) is 4.90 Å². The van der Waals surface area contributed by atoms with Gasteiger partial charge in [-0.1, -0.05) is 24.2 Å². The van der Waals surface area contributed by atoms with E-state index in [2.05, 4.69) is 46.5 Å². The lowest BCUT2D eigenvalue weighted by molar-refractivity contribution is -0.128. The number of carbonyl (C=O) groups is 1. The minimum Gasteiger partial charge on any atom is -0.462 e. The van der Waals surface area contributed by atoms with Crippen molar-refractivity contribution < 1.29 is 9.53 Å². The van der Waals surface area contributed by atoms with Crippen LogP contribution in [0, 0.1) is 11.3 Å². The third-order valence-electron chi connectivity index (χ3n) is 9.49. The van der Waals surface area contributed by atoms with Gasteiger partial charge >= 0.3 is 6.01 Å². The molecule has 1 aliphatic carbocycles. The molecule has 2 fully saturated rings. The fourth-order valence-corrected chi connectivity index (χ4v) is 7.37. The van der Waals surface area contributed by atoms with Crippen LogP contribution in [-0.4, -0.2) is 90.2 Å². The summed E-state index contributed by atoms with van der Waals surface area (Å²) in [4.78, 5) is 31.4. The second-order valence-corrected chi connectivity index (χ2v) is 12.4. The van der Waals surface area contributed by atoms with Crippen LogP contribution < -0.4 is 14.5 Å². The van der Waals surface area contributed by atoms with E-state index in [1.807, 2.05) is 6.07 Å². The molecular formula is C32H40ClN7O2. The quantitative estimate of drug-likeness (QED) is 0.447. The molecule has 2 aromatic rings. The zero-order valence-corrected chi connectivity index (χ0v) is 25.2. The summed E-state index contributed by atoms with van der Waals surface area (Å²) in [7, 11) is 2.15. The number of hydrogen-bond acceptors (Lipinski definition) is 8. The van der Waals surface area contributed by atoms with Gasteiger partial charge < -0.3 is 24.3 Å². The molecule has 3 aliphatic heterocycles. The monoisotopic (exact) mass is 589 g/mol. The van der Waals surface area contributed by atoms with Crippen molar-refractivity contribution in [2.45, 2.75) is 69.5 Å². The van der Waals surface area contributed by atoms with E-state index in [0.717, 1.165) is 68.1 Å². The van der Waals surface area contributed by atoms with E-state index < -0.39 is 0 Å². The van der Waals surface area contributed by atoms with E-state index >= 15 is 0 Å². The number of hydrogen-bond donors (Lipinski definition) is 0. The van der Waals surface area contributed by atoms with Crippen molar-refractivity contribution in [2.24, 2.45) is 0 Å². The number of rotatable bonds is 7. The molecule has 1 amide bonds. The molecule has 0 bridgehead atoms. The molecule has 4 heterocycles. The number of fused-ring (bicyclic) bond motifs is 2. The lowest BCUT2D eigenvalue weighted by Crippen LogP contribution is -2.55. The van der Waals surface area contributed by atoms with Crippen LogP contribution in [0.25, 0.3) is 0 Å². The Morgan fingerprint density at radius 3 is 2.83 bits per heavy atom. The lowest BCUT2D eigenvalue weighted by atomic mass is 9.88. The van der Waals surface area contributed by atoms with E-state index in [4.69, 9.17) is 26.3 Å². The van der Waals surface area contributed by atoms with E-state index in [-0.39, 0.29) is 18.4 Å². The van der Waals surface area contributed by atoms with E-state index in [9.17, 15) is 10.1 Å². The molecule has 9 nitrogen and oxygen atoms in total. The Labute approximate surface area is 253 Å². The molecule has 3 atom stereocenters. The Bertz CT molecular complexity index is 1380. The SMILES string of the molecule is C=CC(=O)N1CCN(c2nc(OCC3CCCN3C)nc3c2CCC(N2CCCc4ccc(Cl)cc42)C3)CC1CC#N. The van der Waals surface area contributed by atoms with Gasteiger partial charge in [-0.15, -0.1) is 0 Å². The average molecular weight is 590 g/mol. The Kier molecular flexibility index (Phi) is 8.55. The highest BCUT2D eigenvalue weighted by Crippen LogP contribution is 2.38. The summed E-state index contributed by atoms with van der Waals surface area (Å²) < 4.78 is 6.31. The van der Waals surface area contributed by atoms with Gasteiger partial charge in [0.1, 0.15) is 12.4 Å². The summed E-state index contributed by atoms with van der Waals surface area (Å²) in [6, 6.07) is 9.43. The van der Waals surface area contributed by atoms with E-state index in [1.165, 1.54) is 29.3 Å². The van der Waals surface area contributed by atoms with Gasteiger partial charge in [0, 0.05) is 61.0 Å². The van der Waals surface area contributed by atoms with Crippen LogP contribution in [-0.2, 0) is 24.1 Å². The van der Waals surface area contributed by atoms with Crippen LogP contribution in [0.3, 0.4) is 0 Å². The Morgan fingerprint density at radius 1 is 1.17 bits per heavy atom. The molecule has 4 aliphatic rings. The van der Waals surface area contributed by atoms with Crippen LogP contribution >= 0.6 is 11.6 Å². The number of aryl methyl sites for hydroxylation is 1. The summed E-state index contributed by atoms with van der Waals surface area (Å²) in [5, 5.41) is 10.3. The first kappa shape index (κ1) is 28.8. The maximum atomic E-state index is 12.5. The fourth-order valence-electron chi connectivity index (χ4n) is 7.20. The molecule has 0 radical (unpaired) electrons. The van der Waals surface area contributed by atoms with Crippen LogP contribution in [0.4, 0.5) is 11.5 Å². The van der Waals surface area contributed by atoms with Crippen LogP contribution in [0.1, 0.15) is 48.9 Å². The Hall–Kier alpha value is -3.35. The highest BCUT2D eigenvalue weighted by Gasteiger charge is 2.35. The summed E-state index contributed by atoms with van der Waals surface area (Å²) in [6.45, 7) is 8.02. The Morgan fingerprint density at radius 2 is 2.05 bits per heavy atom. The number of benzene rings is 1. The number of anilines is 2. The molecular weight excluding hydrogens is 550 g/mol. The van der Waals surface area contributed by atoms with Crippen LogP contribution in [0.15, 0.2) is 30.9 Å². The zero-order valence-electron chi connectivity index (χ0n) is 24.5. The van der Waals surface area contributed by atoms with Crippen LogP contribution in [0.5, 0.6) is 6.01 Å². The molecule has 3 unspecified atom stereocenters. The van der Waals surface area contributed by atoms with Gasteiger partial charge in [0.05, 0.1) is 24.2 Å². The number of ether oxygens (including phenoxy) is 1. The summed E-state index contributed by atoms with van der Waals surface area (Å²) in [6.07, 6.45) is 8.78. The first-order chi connectivity index (χ1) is 20.4. The van der Waals surface area contributed by atoms with Crippen molar-refractivity contribution >= 4 is 29.0 Å². The number of likely N-dealkylation sites (N-methyl/N-ethyl adjacent to an activating group) is 1. The molecule has 10 heteroatoms. The molecule has 42 heavy (non-hydrogen) atoms. The molecule has 0 N–H and O–H groups in total. The average Bonchev–Trinajstić information content (AvgIpc) is 3.43. The maximum absolute atomic E-state index is 12.5. The number of nitrogens with zero attached hydrogens (tertiary/aromatic N) is 7. The first-order valence-corrected chi connectivity index (χ1v) is 15.7. The normalized spacial score (nSPS) is 24.1. The second-order valence-electron chi connectivity index (χ2n) is 12.0. The highest BCUT2D eigenvalue weighted by atomic mass is 35.5. The number of piperazine rings is 1. The van der Waals surface area contributed by atoms with Gasteiger partial charge in [0.25, 0.3) is 0 Å². The number of likely N-dealkylation sites (tertiary alicyclic amines) is 1. The highest BCUT2D eigenvalue weighted by molar-refractivity contribution is 6.30. The summed E-state index contributed by atoms with van der Waals surface area (Å²) in [5.74, 6) is 0.762. The van der Waals surface area contributed by atoms with Gasteiger partial charge in [0.2, 0.25) is 5.91 Å². The van der Waals surface area contributed by atoms with Gasteiger partial charge in [-0.2, -0.15) is 15.2 Å². The minimum atomic E-state index is -0.220. The van der Waals surface area contributed by atoms with Crippen molar-refractivity contribution in [3.05, 3.63) is 52.7 Å². The number of nitriles is 1. The third-order valence-corrected chi connectivity index (χ3v) is 9.73. The predicted octanol–water partition coefficient (Wildman–Crippen LogP) is 4.03. The Balaban J connectivity index is 1.30. The molecule has 0 spiro atoms. The number of aromatic nitrogens is 2. The molecule has 222 valence electrons. The van der Waals surface area contributed by atoms with Crippen molar-refractivity contribution in [2.75, 3.05) is 56.2 Å². The number of amides is 1. The smallest absolute Gasteiger partial charge is 0.318 e. The third kappa shape index (κ3) is 5.80. The van der Waals surface area contributed by atoms with Gasteiger partial charge in [-0.25, -0.2) is 0 Å².